The Labute approximate surface area is 184 Å². The summed E-state index contributed by atoms with van der Waals surface area (Å²) in [6.45, 7) is 6.33. The lowest BCUT2D eigenvalue weighted by Crippen LogP contribution is -2.24. The summed E-state index contributed by atoms with van der Waals surface area (Å²) in [5.41, 5.74) is 0.188. The van der Waals surface area contributed by atoms with Crippen LogP contribution < -0.4 is 0 Å². The minimum atomic E-state index is -0.849. The van der Waals surface area contributed by atoms with Crippen molar-refractivity contribution in [1.29, 1.82) is 0 Å². The van der Waals surface area contributed by atoms with Crippen LogP contribution in [0.2, 0.25) is 0 Å². The number of hydrogen-bond donors (Lipinski definition) is 0. The molecule has 2 aromatic rings. The molecular weight excluding hydrogens is 400 g/mol. The molecule has 0 aromatic heterocycles. The largest absolute Gasteiger partial charge is 0.207 e. The van der Waals surface area contributed by atoms with Gasteiger partial charge in [0.2, 0.25) is 0 Å². The van der Waals surface area contributed by atoms with Gasteiger partial charge in [0.05, 0.1) is 5.56 Å². The van der Waals surface area contributed by atoms with E-state index in [-0.39, 0.29) is 17.0 Å². The number of halogens is 4. The van der Waals surface area contributed by atoms with Gasteiger partial charge in [0.1, 0.15) is 23.3 Å². The first kappa shape index (κ1) is 23.8. The lowest BCUT2D eigenvalue weighted by atomic mass is 9.68. The first-order chi connectivity index (χ1) is 14.9. The minimum Gasteiger partial charge on any atom is -0.207 e. The monoisotopic (exact) mass is 434 g/mol. The van der Waals surface area contributed by atoms with E-state index >= 15 is 0 Å². The molecule has 0 bridgehead atoms. The third kappa shape index (κ3) is 5.70. The molecule has 0 spiro atoms. The Hall–Kier alpha value is -1.84. The minimum absolute atomic E-state index is 0.112. The quantitative estimate of drug-likeness (QED) is 0.423. The summed E-state index contributed by atoms with van der Waals surface area (Å²) >= 11 is 0. The average molecular weight is 435 g/mol. The predicted octanol–water partition coefficient (Wildman–Crippen LogP) is 9.04. The Kier molecular flexibility index (Phi) is 8.18. The molecule has 0 nitrogen and oxygen atoms in total. The maximum Gasteiger partial charge on any atom is 0.134 e. The van der Waals surface area contributed by atoms with E-state index in [0.717, 1.165) is 55.6 Å². The fraction of sp³-hybridized carbons (Fsp3) is 0.556. The zero-order valence-electron chi connectivity index (χ0n) is 18.9. The highest BCUT2D eigenvalue weighted by Crippen LogP contribution is 2.44. The van der Waals surface area contributed by atoms with Gasteiger partial charge >= 0.3 is 0 Å². The average Bonchev–Trinajstić information content (AvgIpc) is 2.75. The molecule has 2 fully saturated rings. The molecule has 0 heterocycles. The Balaban J connectivity index is 0.00000132. The predicted molar refractivity (Wildman–Crippen MR) is 119 cm³/mol. The Morgan fingerprint density at radius 2 is 1.06 bits per heavy atom. The van der Waals surface area contributed by atoms with Crippen molar-refractivity contribution in [3.05, 3.63) is 59.2 Å². The van der Waals surface area contributed by atoms with E-state index in [9.17, 15) is 17.6 Å². The summed E-state index contributed by atoms with van der Waals surface area (Å²) in [6.07, 6.45) is 9.41. The van der Waals surface area contributed by atoms with Crippen LogP contribution in [0.1, 0.15) is 83.6 Å². The summed E-state index contributed by atoms with van der Waals surface area (Å²) < 4.78 is 56.4. The van der Waals surface area contributed by atoms with Crippen molar-refractivity contribution in [2.24, 2.45) is 17.8 Å². The topological polar surface area (TPSA) is 0 Å². The molecule has 2 saturated carbocycles. The molecule has 0 atom stereocenters. The molecule has 2 aliphatic carbocycles. The van der Waals surface area contributed by atoms with E-state index in [1.165, 1.54) is 37.8 Å². The fourth-order valence-corrected chi connectivity index (χ4v) is 5.48. The molecule has 0 N–H and O–H groups in total. The van der Waals surface area contributed by atoms with E-state index in [4.69, 9.17) is 0 Å². The summed E-state index contributed by atoms with van der Waals surface area (Å²) in [4.78, 5) is 0. The van der Waals surface area contributed by atoms with E-state index in [1.54, 1.807) is 0 Å². The molecule has 0 radical (unpaired) electrons. The van der Waals surface area contributed by atoms with Crippen LogP contribution >= 0.6 is 0 Å². The van der Waals surface area contributed by atoms with Crippen LogP contribution in [0.15, 0.2) is 30.3 Å². The normalized spacial score (nSPS) is 26.2. The van der Waals surface area contributed by atoms with Gasteiger partial charge in [-0.15, -0.1) is 0 Å². The highest BCUT2D eigenvalue weighted by Gasteiger charge is 2.31. The summed E-state index contributed by atoms with van der Waals surface area (Å²) in [6, 6.07) is 5.32. The number of rotatable bonds is 3. The van der Waals surface area contributed by atoms with Crippen LogP contribution in [-0.4, -0.2) is 0 Å². The Morgan fingerprint density at radius 3 is 1.55 bits per heavy atom. The van der Waals surface area contributed by atoms with Crippen LogP contribution in [0.3, 0.4) is 0 Å². The Bertz CT molecular complexity index is 816. The first-order valence-electron chi connectivity index (χ1n) is 11.9. The second-order valence-corrected chi connectivity index (χ2v) is 9.15. The van der Waals surface area contributed by atoms with Crippen LogP contribution in [0.5, 0.6) is 0 Å². The van der Waals surface area contributed by atoms with Crippen molar-refractivity contribution < 1.29 is 17.6 Å². The van der Waals surface area contributed by atoms with Crippen LogP contribution in [-0.2, 0) is 0 Å². The fourth-order valence-electron chi connectivity index (χ4n) is 5.48. The molecule has 31 heavy (non-hydrogen) atoms. The molecule has 0 saturated heterocycles. The first-order valence-corrected chi connectivity index (χ1v) is 11.9. The maximum absolute atomic E-state index is 14.7. The molecular formula is C27H34F4. The van der Waals surface area contributed by atoms with E-state index in [1.807, 2.05) is 13.8 Å². The van der Waals surface area contributed by atoms with E-state index in [2.05, 4.69) is 6.92 Å². The van der Waals surface area contributed by atoms with Gasteiger partial charge in [-0.25, -0.2) is 17.6 Å². The van der Waals surface area contributed by atoms with Gasteiger partial charge in [-0.1, -0.05) is 33.6 Å². The molecule has 2 aliphatic rings. The van der Waals surface area contributed by atoms with Crippen LogP contribution in [0, 0.1) is 41.0 Å². The van der Waals surface area contributed by atoms with Gasteiger partial charge in [-0.2, -0.15) is 0 Å². The van der Waals surface area contributed by atoms with Crippen molar-refractivity contribution in [2.75, 3.05) is 0 Å². The number of benzene rings is 2. The van der Waals surface area contributed by atoms with Crippen molar-refractivity contribution in [3.63, 3.8) is 0 Å². The number of hydrogen-bond acceptors (Lipinski definition) is 0. The molecule has 2 aromatic carbocycles. The molecule has 0 aliphatic heterocycles. The molecule has 170 valence electrons. The van der Waals surface area contributed by atoms with Crippen molar-refractivity contribution >= 4 is 0 Å². The SMILES string of the molecule is CC.CC1CCC(C2CCC(c3cc(F)c(-c4cc(F)cc(F)c4)c(F)c3)CC2)CC1. The third-order valence-electron chi connectivity index (χ3n) is 7.19. The molecule has 4 heteroatoms. The smallest absolute Gasteiger partial charge is 0.134 e. The molecule has 4 rings (SSSR count). The van der Waals surface area contributed by atoms with Crippen LogP contribution in [0.4, 0.5) is 17.6 Å². The maximum atomic E-state index is 14.7. The molecule has 0 amide bonds. The van der Waals surface area contributed by atoms with Crippen LogP contribution in [0.25, 0.3) is 11.1 Å². The summed E-state index contributed by atoms with van der Waals surface area (Å²) in [7, 11) is 0. The lowest BCUT2D eigenvalue weighted by Gasteiger charge is -2.37. The lowest BCUT2D eigenvalue weighted by molar-refractivity contribution is 0.165. The van der Waals surface area contributed by atoms with Gasteiger partial charge in [0.25, 0.3) is 0 Å². The van der Waals surface area contributed by atoms with E-state index in [0.29, 0.717) is 11.6 Å². The van der Waals surface area contributed by atoms with Gasteiger partial charge in [0.15, 0.2) is 0 Å². The van der Waals surface area contributed by atoms with E-state index < -0.39 is 23.3 Å². The van der Waals surface area contributed by atoms with Crippen molar-refractivity contribution in [1.82, 2.24) is 0 Å². The second kappa shape index (κ2) is 10.7. The standard InChI is InChI=1S/C25H28F4.C2H6/c1-15-2-4-16(5-3-15)17-6-8-18(9-7-17)19-12-23(28)25(24(29)13-19)20-10-21(26)14-22(27)11-20;1-2/h10-18H,2-9H2,1H3;1-2H3. The summed E-state index contributed by atoms with van der Waals surface area (Å²) in [5.74, 6) is -0.665. The zero-order chi connectivity index (χ0) is 22.5. The van der Waals surface area contributed by atoms with Gasteiger partial charge in [0, 0.05) is 6.07 Å². The summed E-state index contributed by atoms with van der Waals surface area (Å²) in [5, 5.41) is 0. The third-order valence-corrected chi connectivity index (χ3v) is 7.19. The highest BCUT2D eigenvalue weighted by molar-refractivity contribution is 5.65. The van der Waals surface area contributed by atoms with Gasteiger partial charge < -0.3 is 0 Å². The van der Waals surface area contributed by atoms with Crippen molar-refractivity contribution in [3.8, 4) is 11.1 Å². The Morgan fingerprint density at radius 1 is 0.613 bits per heavy atom. The second-order valence-electron chi connectivity index (χ2n) is 9.15. The van der Waals surface area contributed by atoms with Gasteiger partial charge in [-0.05, 0) is 97.6 Å². The van der Waals surface area contributed by atoms with Gasteiger partial charge in [-0.3, -0.25) is 0 Å². The van der Waals surface area contributed by atoms with Crippen molar-refractivity contribution in [2.45, 2.75) is 78.1 Å². The zero-order valence-corrected chi connectivity index (χ0v) is 18.9. The highest BCUT2D eigenvalue weighted by atomic mass is 19.1. The molecule has 0 unspecified atom stereocenters.